The topological polar surface area (TPSA) is 136 Å². The second-order valence-corrected chi connectivity index (χ2v) is 5.49. The van der Waals surface area contributed by atoms with Gasteiger partial charge in [-0.25, -0.2) is 9.59 Å². The van der Waals surface area contributed by atoms with E-state index >= 15 is 0 Å². The van der Waals surface area contributed by atoms with E-state index in [9.17, 15) is 24.9 Å². The summed E-state index contributed by atoms with van der Waals surface area (Å²) in [5.74, 6) is -0.755. The normalized spacial score (nSPS) is 29.4. The van der Waals surface area contributed by atoms with Gasteiger partial charge in [0.25, 0.3) is 0 Å². The van der Waals surface area contributed by atoms with Gasteiger partial charge in [0.05, 0.1) is 7.11 Å². The summed E-state index contributed by atoms with van der Waals surface area (Å²) in [5.41, 5.74) is -0.289. The number of aliphatic hydroxyl groups excluding tert-OH is 3. The van der Waals surface area contributed by atoms with E-state index in [0.717, 1.165) is 7.11 Å². The maximum absolute atomic E-state index is 11.6. The Hall–Kier alpha value is -2.46. The van der Waals surface area contributed by atoms with E-state index in [1.165, 1.54) is 18.2 Å². The number of rotatable bonds is 3. The molecule has 9 heteroatoms. The van der Waals surface area contributed by atoms with Crippen LogP contribution in [0.3, 0.4) is 0 Å². The molecule has 5 atom stereocenters. The SMILES string of the molecule is COC(=O)[C@@H]1O[C@@H](Oc2ccc3ccc(=O)oc3c2)[C@H](O)[C@@H](O)[C@@H]1O. The number of esters is 1. The summed E-state index contributed by atoms with van der Waals surface area (Å²) in [6, 6.07) is 7.39. The van der Waals surface area contributed by atoms with Crippen molar-refractivity contribution < 1.29 is 38.7 Å². The number of aliphatic hydroxyl groups is 3. The lowest BCUT2D eigenvalue weighted by Crippen LogP contribution is -2.61. The number of hydrogen-bond donors (Lipinski definition) is 3. The van der Waals surface area contributed by atoms with Crippen molar-refractivity contribution in [2.45, 2.75) is 30.7 Å². The summed E-state index contributed by atoms with van der Waals surface area (Å²) in [6.07, 6.45) is -7.94. The molecule has 0 amide bonds. The van der Waals surface area contributed by atoms with Gasteiger partial charge in [-0.05, 0) is 18.2 Å². The first kappa shape index (κ1) is 17.4. The fourth-order valence-corrected chi connectivity index (χ4v) is 2.50. The predicted molar refractivity (Wildman–Crippen MR) is 81.8 cm³/mol. The molecule has 1 aliphatic heterocycles. The molecular formula is C16H16O9. The molecule has 0 radical (unpaired) electrons. The molecule has 25 heavy (non-hydrogen) atoms. The summed E-state index contributed by atoms with van der Waals surface area (Å²) >= 11 is 0. The monoisotopic (exact) mass is 352 g/mol. The molecule has 3 rings (SSSR count). The van der Waals surface area contributed by atoms with Crippen molar-refractivity contribution in [3.05, 3.63) is 40.8 Å². The third kappa shape index (κ3) is 3.35. The Balaban J connectivity index is 1.85. The van der Waals surface area contributed by atoms with Gasteiger partial charge in [0.15, 0.2) is 6.10 Å². The Bertz CT molecular complexity index is 830. The van der Waals surface area contributed by atoms with Crippen molar-refractivity contribution in [3.63, 3.8) is 0 Å². The average Bonchev–Trinajstić information content (AvgIpc) is 2.61. The van der Waals surface area contributed by atoms with E-state index in [1.807, 2.05) is 0 Å². The molecule has 2 aromatic rings. The number of fused-ring (bicyclic) bond motifs is 1. The molecule has 0 aliphatic carbocycles. The van der Waals surface area contributed by atoms with Gasteiger partial charge in [0.2, 0.25) is 6.29 Å². The summed E-state index contributed by atoms with van der Waals surface area (Å²) in [7, 11) is 1.09. The number of methoxy groups -OCH3 is 1. The Morgan fingerprint density at radius 2 is 1.80 bits per heavy atom. The third-order valence-corrected chi connectivity index (χ3v) is 3.85. The number of carbonyl (C=O) groups is 1. The highest BCUT2D eigenvalue weighted by Crippen LogP contribution is 2.26. The second-order valence-electron chi connectivity index (χ2n) is 5.49. The number of benzene rings is 1. The van der Waals surface area contributed by atoms with E-state index in [4.69, 9.17) is 13.9 Å². The first-order chi connectivity index (χ1) is 11.9. The van der Waals surface area contributed by atoms with Gasteiger partial charge in [-0.15, -0.1) is 0 Å². The minimum absolute atomic E-state index is 0.165. The second kappa shape index (κ2) is 6.81. The molecule has 3 N–H and O–H groups in total. The molecular weight excluding hydrogens is 336 g/mol. The van der Waals surface area contributed by atoms with Gasteiger partial charge in [-0.1, -0.05) is 0 Å². The lowest BCUT2D eigenvalue weighted by atomic mass is 9.99. The number of ether oxygens (including phenoxy) is 3. The van der Waals surface area contributed by atoms with Crippen molar-refractivity contribution >= 4 is 16.9 Å². The van der Waals surface area contributed by atoms with Gasteiger partial charge in [-0.2, -0.15) is 0 Å². The Morgan fingerprint density at radius 3 is 2.52 bits per heavy atom. The molecule has 0 unspecified atom stereocenters. The van der Waals surface area contributed by atoms with Gasteiger partial charge >= 0.3 is 11.6 Å². The van der Waals surface area contributed by atoms with Crippen LogP contribution in [0.5, 0.6) is 5.75 Å². The molecule has 1 fully saturated rings. The van der Waals surface area contributed by atoms with Crippen LogP contribution in [0, 0.1) is 0 Å². The minimum Gasteiger partial charge on any atom is -0.467 e. The van der Waals surface area contributed by atoms with Crippen LogP contribution in [-0.2, 0) is 14.3 Å². The van der Waals surface area contributed by atoms with E-state index in [0.29, 0.717) is 5.39 Å². The Morgan fingerprint density at radius 1 is 1.08 bits per heavy atom. The van der Waals surface area contributed by atoms with Crippen LogP contribution in [0.25, 0.3) is 11.0 Å². The Labute approximate surface area is 141 Å². The summed E-state index contributed by atoms with van der Waals surface area (Å²) < 4.78 is 20.2. The van der Waals surface area contributed by atoms with Gasteiger partial charge in [-0.3, -0.25) is 0 Å². The number of carbonyl (C=O) groups excluding carboxylic acids is 1. The van der Waals surface area contributed by atoms with Crippen LogP contribution in [-0.4, -0.2) is 59.1 Å². The van der Waals surface area contributed by atoms with Crippen LogP contribution < -0.4 is 10.4 Å². The first-order valence-corrected chi connectivity index (χ1v) is 7.39. The maximum atomic E-state index is 11.6. The quantitative estimate of drug-likeness (QED) is 0.477. The molecule has 0 bridgehead atoms. The van der Waals surface area contributed by atoms with Crippen molar-refractivity contribution in [3.8, 4) is 5.75 Å². The Kier molecular flexibility index (Phi) is 4.73. The van der Waals surface area contributed by atoms with Crippen molar-refractivity contribution in [1.29, 1.82) is 0 Å². The molecule has 134 valence electrons. The minimum atomic E-state index is -1.68. The summed E-state index contributed by atoms with van der Waals surface area (Å²) in [5, 5.41) is 30.4. The largest absolute Gasteiger partial charge is 0.467 e. The predicted octanol–water partition coefficient (Wildman–Crippen LogP) is -0.848. The fourth-order valence-electron chi connectivity index (χ4n) is 2.50. The molecule has 9 nitrogen and oxygen atoms in total. The lowest BCUT2D eigenvalue weighted by molar-refractivity contribution is -0.271. The van der Waals surface area contributed by atoms with Crippen LogP contribution in [0.4, 0.5) is 0 Å². The first-order valence-electron chi connectivity index (χ1n) is 7.39. The highest BCUT2D eigenvalue weighted by molar-refractivity contribution is 5.77. The molecule has 1 aliphatic rings. The molecule has 2 heterocycles. The maximum Gasteiger partial charge on any atom is 0.337 e. The van der Waals surface area contributed by atoms with E-state index in [1.54, 1.807) is 12.1 Å². The van der Waals surface area contributed by atoms with Crippen LogP contribution in [0.2, 0.25) is 0 Å². The van der Waals surface area contributed by atoms with E-state index < -0.39 is 42.3 Å². The van der Waals surface area contributed by atoms with Crippen molar-refractivity contribution in [1.82, 2.24) is 0 Å². The molecule has 0 spiro atoms. The van der Waals surface area contributed by atoms with Gasteiger partial charge < -0.3 is 33.9 Å². The fraction of sp³-hybridized carbons (Fsp3) is 0.375. The van der Waals surface area contributed by atoms with Gasteiger partial charge in [0.1, 0.15) is 29.6 Å². The zero-order chi connectivity index (χ0) is 18.1. The molecule has 1 aromatic carbocycles. The summed E-state index contributed by atoms with van der Waals surface area (Å²) in [4.78, 5) is 22.9. The van der Waals surface area contributed by atoms with Crippen molar-refractivity contribution in [2.24, 2.45) is 0 Å². The molecule has 1 saturated heterocycles. The molecule has 1 aromatic heterocycles. The van der Waals surface area contributed by atoms with Crippen LogP contribution in [0.1, 0.15) is 0 Å². The third-order valence-electron chi connectivity index (χ3n) is 3.85. The standard InChI is InChI=1S/C16H16O9/c1-22-15(21)14-12(19)11(18)13(20)16(25-14)23-8-4-2-7-3-5-10(17)24-9(7)6-8/h2-6,11-14,16,18-20H,1H3/t11-,12-,13+,14+,16+/m0/s1. The lowest BCUT2D eigenvalue weighted by Gasteiger charge is -2.38. The summed E-state index contributed by atoms with van der Waals surface area (Å²) in [6.45, 7) is 0. The van der Waals surface area contributed by atoms with E-state index in [2.05, 4.69) is 4.74 Å². The number of hydrogen-bond acceptors (Lipinski definition) is 9. The zero-order valence-corrected chi connectivity index (χ0v) is 13.1. The smallest absolute Gasteiger partial charge is 0.337 e. The highest BCUT2D eigenvalue weighted by Gasteiger charge is 2.48. The highest BCUT2D eigenvalue weighted by atomic mass is 16.7. The molecule has 0 saturated carbocycles. The van der Waals surface area contributed by atoms with Gasteiger partial charge in [0, 0.05) is 17.5 Å². The van der Waals surface area contributed by atoms with E-state index in [-0.39, 0.29) is 11.3 Å². The average molecular weight is 352 g/mol. The van der Waals surface area contributed by atoms with Crippen molar-refractivity contribution in [2.75, 3.05) is 7.11 Å². The van der Waals surface area contributed by atoms with Crippen LogP contribution >= 0.6 is 0 Å². The van der Waals surface area contributed by atoms with Crippen LogP contribution in [0.15, 0.2) is 39.5 Å². The zero-order valence-electron chi connectivity index (χ0n) is 13.1.